The Hall–Kier alpha value is -2.94. The van der Waals surface area contributed by atoms with Crippen molar-refractivity contribution in [1.29, 1.82) is 0 Å². The second-order valence-electron chi connectivity index (χ2n) is 5.48. The van der Waals surface area contributed by atoms with Gasteiger partial charge >= 0.3 is 0 Å². The predicted octanol–water partition coefficient (Wildman–Crippen LogP) is 1.05. The van der Waals surface area contributed by atoms with Gasteiger partial charge in [0.15, 0.2) is 5.65 Å². The Balaban J connectivity index is 1.73. The van der Waals surface area contributed by atoms with E-state index in [0.29, 0.717) is 16.9 Å². The zero-order valence-corrected chi connectivity index (χ0v) is 13.5. The first-order valence-electron chi connectivity index (χ1n) is 7.16. The van der Waals surface area contributed by atoms with Gasteiger partial charge in [-0.15, -0.1) is 0 Å². The highest BCUT2D eigenvalue weighted by molar-refractivity contribution is 7.92. The summed E-state index contributed by atoms with van der Waals surface area (Å²) in [5.41, 5.74) is 2.19. The van der Waals surface area contributed by atoms with Crippen molar-refractivity contribution in [2.45, 2.75) is 11.3 Å². The standard InChI is InChI=1S/C15H13N5O3S/c1-19-13-5-4-11(7-10(13)8-14(19)21)24(22,23)18-12-3-2-6-20-15(12)16-9-17-20/h2-7,9,18H,8H2,1H3. The summed E-state index contributed by atoms with van der Waals surface area (Å²) in [5, 5.41) is 3.97. The lowest BCUT2D eigenvalue weighted by Gasteiger charge is -2.12. The van der Waals surface area contributed by atoms with E-state index in [1.807, 2.05) is 0 Å². The highest BCUT2D eigenvalue weighted by Crippen LogP contribution is 2.30. The van der Waals surface area contributed by atoms with Gasteiger partial charge in [-0.25, -0.2) is 17.9 Å². The molecule has 122 valence electrons. The second kappa shape index (κ2) is 5.03. The Morgan fingerprint density at radius 2 is 2.08 bits per heavy atom. The summed E-state index contributed by atoms with van der Waals surface area (Å²) in [6.45, 7) is 0. The highest BCUT2D eigenvalue weighted by Gasteiger charge is 2.26. The van der Waals surface area contributed by atoms with Crippen molar-refractivity contribution in [1.82, 2.24) is 14.6 Å². The summed E-state index contributed by atoms with van der Waals surface area (Å²) in [7, 11) is -2.13. The van der Waals surface area contributed by atoms with Crippen LogP contribution in [0.25, 0.3) is 5.65 Å². The summed E-state index contributed by atoms with van der Waals surface area (Å²) in [6, 6.07) is 7.96. The quantitative estimate of drug-likeness (QED) is 0.767. The predicted molar refractivity (Wildman–Crippen MR) is 87.4 cm³/mol. The zero-order chi connectivity index (χ0) is 16.9. The number of likely N-dealkylation sites (N-methyl/N-ethyl adjacent to an activating group) is 1. The van der Waals surface area contributed by atoms with Gasteiger partial charge in [-0.3, -0.25) is 9.52 Å². The van der Waals surface area contributed by atoms with E-state index in [1.165, 1.54) is 27.9 Å². The number of carbonyl (C=O) groups is 1. The first-order chi connectivity index (χ1) is 11.5. The zero-order valence-electron chi connectivity index (χ0n) is 12.7. The average molecular weight is 343 g/mol. The number of anilines is 2. The van der Waals surface area contributed by atoms with E-state index in [4.69, 9.17) is 0 Å². The molecule has 0 spiro atoms. The van der Waals surface area contributed by atoms with Crippen molar-refractivity contribution in [2.75, 3.05) is 16.7 Å². The molecule has 2 aromatic heterocycles. The Kier molecular flexibility index (Phi) is 3.07. The fourth-order valence-corrected chi connectivity index (χ4v) is 3.86. The topological polar surface area (TPSA) is 96.7 Å². The first-order valence-corrected chi connectivity index (χ1v) is 8.65. The smallest absolute Gasteiger partial charge is 0.262 e. The van der Waals surface area contributed by atoms with E-state index in [2.05, 4.69) is 14.8 Å². The van der Waals surface area contributed by atoms with Crippen molar-refractivity contribution >= 4 is 33.0 Å². The lowest BCUT2D eigenvalue weighted by atomic mass is 10.2. The number of nitrogens with one attached hydrogen (secondary N) is 1. The lowest BCUT2D eigenvalue weighted by molar-refractivity contribution is -0.117. The van der Waals surface area contributed by atoms with E-state index in [1.54, 1.807) is 31.4 Å². The van der Waals surface area contributed by atoms with Crippen LogP contribution in [-0.4, -0.2) is 36.0 Å². The number of hydrogen-bond donors (Lipinski definition) is 1. The molecular weight excluding hydrogens is 330 g/mol. The molecule has 0 aliphatic carbocycles. The van der Waals surface area contributed by atoms with Crippen molar-refractivity contribution in [2.24, 2.45) is 0 Å². The molecule has 0 saturated carbocycles. The SMILES string of the molecule is CN1C(=O)Cc2cc(S(=O)(=O)Nc3cccn4ncnc34)ccc21. The molecule has 1 aliphatic heterocycles. The van der Waals surface area contributed by atoms with Crippen LogP contribution < -0.4 is 9.62 Å². The van der Waals surface area contributed by atoms with Gasteiger partial charge < -0.3 is 4.90 Å². The molecule has 1 aliphatic rings. The Bertz CT molecular complexity index is 1070. The molecule has 0 saturated heterocycles. The number of hydrogen-bond acceptors (Lipinski definition) is 5. The van der Waals surface area contributed by atoms with Crippen LogP contribution in [0.1, 0.15) is 5.56 Å². The number of fused-ring (bicyclic) bond motifs is 2. The molecule has 0 atom stereocenters. The van der Waals surface area contributed by atoms with Crippen molar-refractivity contribution in [3.63, 3.8) is 0 Å². The molecule has 1 amide bonds. The maximum atomic E-state index is 12.7. The molecule has 1 aromatic carbocycles. The maximum absolute atomic E-state index is 12.7. The van der Waals surface area contributed by atoms with Gasteiger partial charge in [0, 0.05) is 18.9 Å². The monoisotopic (exact) mass is 343 g/mol. The van der Waals surface area contributed by atoms with Gasteiger partial charge in [-0.1, -0.05) is 0 Å². The van der Waals surface area contributed by atoms with E-state index >= 15 is 0 Å². The number of aromatic nitrogens is 3. The van der Waals surface area contributed by atoms with Crippen molar-refractivity contribution in [3.8, 4) is 0 Å². The lowest BCUT2D eigenvalue weighted by Crippen LogP contribution is -2.20. The average Bonchev–Trinajstić information content (AvgIpc) is 3.13. The molecule has 0 fully saturated rings. The number of rotatable bonds is 3. The van der Waals surface area contributed by atoms with Gasteiger partial charge in [-0.05, 0) is 35.9 Å². The number of nitrogens with zero attached hydrogens (tertiary/aromatic N) is 4. The van der Waals surface area contributed by atoms with Crippen LogP contribution in [0.15, 0.2) is 47.8 Å². The number of carbonyl (C=O) groups excluding carboxylic acids is 1. The van der Waals surface area contributed by atoms with Crippen LogP contribution in [0.3, 0.4) is 0 Å². The number of amides is 1. The van der Waals surface area contributed by atoms with Gasteiger partial charge in [0.2, 0.25) is 5.91 Å². The van der Waals surface area contributed by atoms with E-state index < -0.39 is 10.0 Å². The number of sulfonamides is 1. The van der Waals surface area contributed by atoms with Crippen LogP contribution in [0.2, 0.25) is 0 Å². The fourth-order valence-electron chi connectivity index (χ4n) is 2.74. The van der Waals surface area contributed by atoms with Gasteiger partial charge in [-0.2, -0.15) is 5.10 Å². The molecule has 0 unspecified atom stereocenters. The first kappa shape index (κ1) is 14.6. The van der Waals surface area contributed by atoms with Crippen LogP contribution in [0.5, 0.6) is 0 Å². The van der Waals surface area contributed by atoms with Gasteiger partial charge in [0.05, 0.1) is 17.0 Å². The van der Waals surface area contributed by atoms with Crippen LogP contribution >= 0.6 is 0 Å². The molecule has 9 heteroatoms. The Morgan fingerprint density at radius 1 is 1.25 bits per heavy atom. The molecule has 1 N–H and O–H groups in total. The number of pyridine rings is 1. The molecule has 24 heavy (non-hydrogen) atoms. The fraction of sp³-hybridized carbons (Fsp3) is 0.133. The van der Waals surface area contributed by atoms with Crippen LogP contribution in [-0.2, 0) is 21.2 Å². The van der Waals surface area contributed by atoms with Gasteiger partial charge in [0.25, 0.3) is 10.0 Å². The van der Waals surface area contributed by atoms with Gasteiger partial charge in [0.1, 0.15) is 6.33 Å². The Labute approximate surface area is 137 Å². The molecule has 8 nitrogen and oxygen atoms in total. The normalized spacial score (nSPS) is 14.2. The third-order valence-corrected chi connectivity index (χ3v) is 5.35. The Morgan fingerprint density at radius 3 is 2.92 bits per heavy atom. The highest BCUT2D eigenvalue weighted by atomic mass is 32.2. The minimum absolute atomic E-state index is 0.0549. The minimum atomic E-state index is -3.80. The van der Waals surface area contributed by atoms with Crippen LogP contribution in [0, 0.1) is 0 Å². The molecule has 0 radical (unpaired) electrons. The molecule has 3 heterocycles. The van der Waals surface area contributed by atoms with E-state index in [-0.39, 0.29) is 17.2 Å². The van der Waals surface area contributed by atoms with Crippen molar-refractivity contribution in [3.05, 3.63) is 48.4 Å². The third kappa shape index (κ3) is 2.21. The van der Waals surface area contributed by atoms with E-state index in [9.17, 15) is 13.2 Å². The summed E-state index contributed by atoms with van der Waals surface area (Å²) in [5.74, 6) is -0.0549. The maximum Gasteiger partial charge on any atom is 0.262 e. The summed E-state index contributed by atoms with van der Waals surface area (Å²) in [4.78, 5) is 17.4. The largest absolute Gasteiger partial charge is 0.315 e. The summed E-state index contributed by atoms with van der Waals surface area (Å²) in [6.07, 6.45) is 3.23. The van der Waals surface area contributed by atoms with Crippen LogP contribution in [0.4, 0.5) is 11.4 Å². The van der Waals surface area contributed by atoms with E-state index in [0.717, 1.165) is 5.69 Å². The van der Waals surface area contributed by atoms with Crippen molar-refractivity contribution < 1.29 is 13.2 Å². The summed E-state index contributed by atoms with van der Waals surface area (Å²) < 4.78 is 29.3. The summed E-state index contributed by atoms with van der Waals surface area (Å²) >= 11 is 0. The molecular formula is C15H13N5O3S. The third-order valence-electron chi connectivity index (χ3n) is 3.99. The number of benzene rings is 1. The minimum Gasteiger partial charge on any atom is -0.315 e. The second-order valence-corrected chi connectivity index (χ2v) is 7.16. The molecule has 3 aromatic rings. The molecule has 0 bridgehead atoms. The molecule has 4 rings (SSSR count).